The van der Waals surface area contributed by atoms with Gasteiger partial charge in [-0.15, -0.1) is 11.3 Å². The van der Waals surface area contributed by atoms with Crippen molar-refractivity contribution in [2.45, 2.75) is 24.9 Å². The van der Waals surface area contributed by atoms with Gasteiger partial charge in [-0.05, 0) is 24.8 Å². The third-order valence-corrected chi connectivity index (χ3v) is 6.56. The molecule has 1 saturated heterocycles. The van der Waals surface area contributed by atoms with Gasteiger partial charge >= 0.3 is 0 Å². The van der Waals surface area contributed by atoms with Crippen molar-refractivity contribution in [1.82, 2.24) is 19.9 Å². The molecule has 148 valence electrons. The second kappa shape index (κ2) is 7.20. The largest absolute Gasteiger partial charge is 0.368 e. The zero-order valence-corrected chi connectivity index (χ0v) is 16.7. The molecule has 1 aromatic carbocycles. The highest BCUT2D eigenvalue weighted by Gasteiger charge is 2.43. The number of hydrogen-bond acceptors (Lipinski definition) is 7. The summed E-state index contributed by atoms with van der Waals surface area (Å²) >= 11 is 1.49. The lowest BCUT2D eigenvalue weighted by Gasteiger charge is -2.43. The monoisotopic (exact) mass is 407 g/mol. The Bertz CT molecular complexity index is 1040. The molecule has 29 heavy (non-hydrogen) atoms. The van der Waals surface area contributed by atoms with Crippen molar-refractivity contribution in [3.05, 3.63) is 58.9 Å². The van der Waals surface area contributed by atoms with Crippen LogP contribution in [0.3, 0.4) is 0 Å². The quantitative estimate of drug-likeness (QED) is 0.702. The fourth-order valence-electron chi connectivity index (χ4n) is 4.12. The number of thiazole rings is 1. The fourth-order valence-corrected chi connectivity index (χ4v) is 4.92. The number of carbonyl (C=O) groups excluding carboxylic acids is 1. The molecule has 2 N–H and O–H groups in total. The molecular weight excluding hydrogens is 386 g/mol. The van der Waals surface area contributed by atoms with Crippen molar-refractivity contribution in [2.75, 3.05) is 25.4 Å². The molecule has 7 nitrogen and oxygen atoms in total. The lowest BCUT2D eigenvalue weighted by molar-refractivity contribution is -0.0967. The van der Waals surface area contributed by atoms with Crippen LogP contribution in [-0.4, -0.2) is 45.5 Å². The van der Waals surface area contributed by atoms with Crippen LogP contribution in [0.25, 0.3) is 10.6 Å². The number of amides is 1. The maximum atomic E-state index is 13.0. The number of ether oxygens (including phenoxy) is 1. The van der Waals surface area contributed by atoms with Crippen molar-refractivity contribution >= 4 is 23.2 Å². The SMILES string of the molecule is Nc1ncc2c(n1)C1(CCN(C(=O)c3csc(-c4ccccc4)n3)CC1)OCC2. The number of nitrogens with two attached hydrogens (primary N) is 1. The number of carbonyl (C=O) groups is 1. The normalized spacial score (nSPS) is 17.9. The number of fused-ring (bicyclic) bond motifs is 2. The smallest absolute Gasteiger partial charge is 0.273 e. The fraction of sp³-hybridized carbons (Fsp3) is 0.333. The molecule has 0 radical (unpaired) electrons. The van der Waals surface area contributed by atoms with Crippen LogP contribution in [0.15, 0.2) is 41.9 Å². The van der Waals surface area contributed by atoms with E-state index in [1.54, 1.807) is 6.20 Å². The summed E-state index contributed by atoms with van der Waals surface area (Å²) in [5.41, 5.74) is 8.87. The van der Waals surface area contributed by atoms with E-state index in [-0.39, 0.29) is 11.9 Å². The second-order valence-corrected chi connectivity index (χ2v) is 8.25. The van der Waals surface area contributed by atoms with Crippen molar-refractivity contribution in [3.8, 4) is 10.6 Å². The number of piperidine rings is 1. The Labute approximate surface area is 172 Å². The van der Waals surface area contributed by atoms with Gasteiger partial charge in [-0.1, -0.05) is 30.3 Å². The second-order valence-electron chi connectivity index (χ2n) is 7.39. The van der Waals surface area contributed by atoms with Gasteiger partial charge in [0.05, 0.1) is 12.3 Å². The molecule has 3 aromatic rings. The Balaban J connectivity index is 1.32. The minimum absolute atomic E-state index is 0.0310. The van der Waals surface area contributed by atoms with Crippen LogP contribution in [0, 0.1) is 0 Å². The molecular formula is C21H21N5O2S. The van der Waals surface area contributed by atoms with E-state index >= 15 is 0 Å². The van der Waals surface area contributed by atoms with Crippen molar-refractivity contribution in [3.63, 3.8) is 0 Å². The average Bonchev–Trinajstić information content (AvgIpc) is 3.26. The van der Waals surface area contributed by atoms with Crippen LogP contribution >= 0.6 is 11.3 Å². The Hall–Kier alpha value is -2.84. The van der Waals surface area contributed by atoms with E-state index in [0.29, 0.717) is 38.2 Å². The summed E-state index contributed by atoms with van der Waals surface area (Å²) in [6.07, 6.45) is 3.98. The lowest BCUT2D eigenvalue weighted by atomic mass is 9.83. The van der Waals surface area contributed by atoms with Crippen LogP contribution in [-0.2, 0) is 16.8 Å². The minimum Gasteiger partial charge on any atom is -0.368 e. The lowest BCUT2D eigenvalue weighted by Crippen LogP contribution is -2.49. The Morgan fingerprint density at radius 2 is 1.97 bits per heavy atom. The van der Waals surface area contributed by atoms with E-state index in [2.05, 4.69) is 15.0 Å². The van der Waals surface area contributed by atoms with Crippen LogP contribution in [0.1, 0.15) is 34.6 Å². The van der Waals surface area contributed by atoms with Crippen LogP contribution in [0.5, 0.6) is 0 Å². The third kappa shape index (κ3) is 3.28. The summed E-state index contributed by atoms with van der Waals surface area (Å²) in [6.45, 7) is 1.83. The van der Waals surface area contributed by atoms with Crippen molar-refractivity contribution < 1.29 is 9.53 Å². The number of benzene rings is 1. The predicted octanol–water partition coefficient (Wildman–Crippen LogP) is 2.89. The first-order valence-corrected chi connectivity index (χ1v) is 10.6. The maximum absolute atomic E-state index is 13.0. The Morgan fingerprint density at radius 3 is 2.76 bits per heavy atom. The van der Waals surface area contributed by atoms with Crippen LogP contribution < -0.4 is 5.73 Å². The summed E-state index contributed by atoms with van der Waals surface area (Å²) in [5, 5.41) is 2.70. The first-order valence-electron chi connectivity index (χ1n) is 9.71. The van der Waals surface area contributed by atoms with Crippen molar-refractivity contribution in [1.29, 1.82) is 0 Å². The first kappa shape index (κ1) is 18.2. The third-order valence-electron chi connectivity index (χ3n) is 5.67. The zero-order valence-electron chi connectivity index (χ0n) is 15.9. The first-order chi connectivity index (χ1) is 14.1. The number of aromatic nitrogens is 3. The molecule has 5 rings (SSSR count). The molecule has 8 heteroatoms. The number of nitrogens with zero attached hydrogens (tertiary/aromatic N) is 4. The van der Waals surface area contributed by atoms with Crippen LogP contribution in [0.2, 0.25) is 0 Å². The van der Waals surface area contributed by atoms with Gasteiger partial charge in [-0.2, -0.15) is 0 Å². The van der Waals surface area contributed by atoms with Gasteiger partial charge in [0, 0.05) is 30.2 Å². The van der Waals surface area contributed by atoms with E-state index in [1.807, 2.05) is 40.6 Å². The summed E-state index contributed by atoms with van der Waals surface area (Å²) < 4.78 is 6.19. The number of hydrogen-bond donors (Lipinski definition) is 1. The maximum Gasteiger partial charge on any atom is 0.273 e. The van der Waals surface area contributed by atoms with E-state index in [4.69, 9.17) is 10.5 Å². The molecule has 0 atom stereocenters. The topological polar surface area (TPSA) is 94.2 Å². The van der Waals surface area contributed by atoms with Crippen molar-refractivity contribution in [2.24, 2.45) is 0 Å². The molecule has 1 amide bonds. The van der Waals surface area contributed by atoms with E-state index in [9.17, 15) is 4.79 Å². The van der Waals surface area contributed by atoms with Gasteiger partial charge < -0.3 is 15.4 Å². The molecule has 4 heterocycles. The minimum atomic E-state index is -0.474. The van der Waals surface area contributed by atoms with Gasteiger partial charge in [-0.3, -0.25) is 4.79 Å². The average molecular weight is 407 g/mol. The summed E-state index contributed by atoms with van der Waals surface area (Å²) in [6, 6.07) is 9.92. The molecule has 2 aromatic heterocycles. The zero-order chi connectivity index (χ0) is 19.8. The van der Waals surface area contributed by atoms with Gasteiger partial charge in [0.15, 0.2) is 0 Å². The van der Waals surface area contributed by atoms with Gasteiger partial charge in [0.2, 0.25) is 5.95 Å². The van der Waals surface area contributed by atoms with E-state index < -0.39 is 5.60 Å². The number of rotatable bonds is 2. The summed E-state index contributed by atoms with van der Waals surface area (Å²) in [5.74, 6) is 0.236. The van der Waals surface area contributed by atoms with Gasteiger partial charge in [0.1, 0.15) is 16.3 Å². The van der Waals surface area contributed by atoms with Gasteiger partial charge in [-0.25, -0.2) is 15.0 Å². The molecule has 2 aliphatic rings. The summed E-state index contributed by atoms with van der Waals surface area (Å²) in [7, 11) is 0. The molecule has 0 unspecified atom stereocenters. The highest BCUT2D eigenvalue weighted by molar-refractivity contribution is 7.13. The molecule has 2 aliphatic heterocycles. The highest BCUT2D eigenvalue weighted by atomic mass is 32.1. The van der Waals surface area contributed by atoms with E-state index in [0.717, 1.165) is 28.2 Å². The molecule has 0 bridgehead atoms. The predicted molar refractivity (Wildman–Crippen MR) is 110 cm³/mol. The molecule has 0 saturated carbocycles. The van der Waals surface area contributed by atoms with Gasteiger partial charge in [0.25, 0.3) is 5.91 Å². The molecule has 1 fully saturated rings. The number of nitrogen functional groups attached to an aromatic ring is 1. The highest BCUT2D eigenvalue weighted by Crippen LogP contribution is 2.40. The Morgan fingerprint density at radius 1 is 1.17 bits per heavy atom. The molecule has 1 spiro atoms. The Kier molecular flexibility index (Phi) is 4.52. The number of likely N-dealkylation sites (tertiary alicyclic amines) is 1. The summed E-state index contributed by atoms with van der Waals surface area (Å²) in [4.78, 5) is 28.0. The molecule has 0 aliphatic carbocycles. The van der Waals surface area contributed by atoms with E-state index in [1.165, 1.54) is 11.3 Å². The van der Waals surface area contributed by atoms with Crippen LogP contribution in [0.4, 0.5) is 5.95 Å². The standard InChI is InChI=1S/C21H21N5O2S/c22-20-23-12-15-6-11-28-21(17(15)25-20)7-9-26(10-8-21)19(27)16-13-29-18(24-16)14-4-2-1-3-5-14/h1-5,12-13H,6-11H2,(H2,22,23,25). The number of anilines is 1.